The molecule has 0 saturated heterocycles. The second kappa shape index (κ2) is 5.53. The first-order chi connectivity index (χ1) is 7.54. The summed E-state index contributed by atoms with van der Waals surface area (Å²) in [4.78, 5) is 9.70. The van der Waals surface area contributed by atoms with Crippen LogP contribution in [0.3, 0.4) is 0 Å². The molecular formula is C11H10F3O2. The van der Waals surface area contributed by atoms with Gasteiger partial charge in [-0.25, -0.2) is 4.79 Å². The number of carbonyl (C=O) groups excluding carboxylic acids is 1. The Morgan fingerprint density at radius 2 is 1.81 bits per heavy atom. The molecule has 1 rings (SSSR count). The lowest BCUT2D eigenvalue weighted by Gasteiger charge is -2.07. The van der Waals surface area contributed by atoms with E-state index >= 15 is 0 Å². The van der Waals surface area contributed by atoms with Gasteiger partial charge in [0.25, 0.3) is 0 Å². The number of hydrogen-bond acceptors (Lipinski definition) is 2. The van der Waals surface area contributed by atoms with E-state index in [9.17, 15) is 18.0 Å². The smallest absolute Gasteiger partial charge is 0.417 e. The van der Waals surface area contributed by atoms with Crippen molar-refractivity contribution < 1.29 is 22.7 Å². The van der Waals surface area contributed by atoms with Crippen molar-refractivity contribution >= 4 is 6.47 Å². The summed E-state index contributed by atoms with van der Waals surface area (Å²) in [6.45, 7) is 1.51. The molecule has 0 aliphatic rings. The van der Waals surface area contributed by atoms with Gasteiger partial charge in [0.1, 0.15) is 0 Å². The molecule has 1 radical (unpaired) electrons. The summed E-state index contributed by atoms with van der Waals surface area (Å²) in [7, 11) is 0. The first-order valence-corrected chi connectivity index (χ1v) is 4.69. The highest BCUT2D eigenvalue weighted by atomic mass is 19.4. The molecule has 87 valence electrons. The fourth-order valence-electron chi connectivity index (χ4n) is 1.25. The third-order valence-electron chi connectivity index (χ3n) is 2.05. The van der Waals surface area contributed by atoms with Gasteiger partial charge >= 0.3 is 12.6 Å². The van der Waals surface area contributed by atoms with Crippen molar-refractivity contribution in [2.45, 2.75) is 19.0 Å². The molecule has 0 aliphatic carbocycles. The van der Waals surface area contributed by atoms with E-state index in [-0.39, 0.29) is 6.61 Å². The third kappa shape index (κ3) is 3.92. The molecule has 2 nitrogen and oxygen atoms in total. The van der Waals surface area contributed by atoms with Crippen LogP contribution < -0.4 is 0 Å². The van der Waals surface area contributed by atoms with Crippen LogP contribution in [0.25, 0.3) is 0 Å². The van der Waals surface area contributed by atoms with Gasteiger partial charge in [0.2, 0.25) is 0 Å². The number of ether oxygens (including phenoxy) is 1. The Kier molecular flexibility index (Phi) is 4.34. The number of halogens is 3. The van der Waals surface area contributed by atoms with Crippen LogP contribution in [0.5, 0.6) is 0 Å². The number of aryl methyl sites for hydroxylation is 1. The molecule has 5 heteroatoms. The molecule has 1 aromatic carbocycles. The van der Waals surface area contributed by atoms with E-state index in [1.807, 2.05) is 0 Å². The molecular weight excluding hydrogens is 221 g/mol. The fourth-order valence-corrected chi connectivity index (χ4v) is 1.25. The molecule has 0 fully saturated rings. The van der Waals surface area contributed by atoms with Gasteiger partial charge in [-0.15, -0.1) is 0 Å². The maximum Gasteiger partial charge on any atom is 0.417 e. The fraction of sp³-hybridized carbons (Fsp3) is 0.364. The van der Waals surface area contributed by atoms with Gasteiger partial charge in [0, 0.05) is 0 Å². The largest absolute Gasteiger partial charge is 0.457 e. The normalized spacial score (nSPS) is 11.2. The lowest BCUT2D eigenvalue weighted by molar-refractivity contribution is -0.137. The Balaban J connectivity index is 2.48. The van der Waals surface area contributed by atoms with Crippen LogP contribution in [0.4, 0.5) is 13.2 Å². The van der Waals surface area contributed by atoms with E-state index in [1.165, 1.54) is 18.6 Å². The molecule has 0 atom stereocenters. The second-order valence-electron chi connectivity index (χ2n) is 3.23. The summed E-state index contributed by atoms with van der Waals surface area (Å²) in [5.74, 6) is 0. The van der Waals surface area contributed by atoms with Crippen molar-refractivity contribution in [3.05, 3.63) is 35.4 Å². The van der Waals surface area contributed by atoms with Crippen molar-refractivity contribution in [1.82, 2.24) is 0 Å². The van der Waals surface area contributed by atoms with Crippen molar-refractivity contribution in [2.24, 2.45) is 0 Å². The minimum Gasteiger partial charge on any atom is -0.457 e. The van der Waals surface area contributed by atoms with Gasteiger partial charge in [-0.05, 0) is 30.5 Å². The maximum absolute atomic E-state index is 12.2. The minimum absolute atomic E-state index is 0.227. The zero-order chi connectivity index (χ0) is 12.0. The van der Waals surface area contributed by atoms with E-state index in [2.05, 4.69) is 4.74 Å². The Bertz CT molecular complexity index is 330. The van der Waals surface area contributed by atoms with Crippen molar-refractivity contribution in [2.75, 3.05) is 6.61 Å². The van der Waals surface area contributed by atoms with E-state index in [4.69, 9.17) is 0 Å². The third-order valence-corrected chi connectivity index (χ3v) is 2.05. The van der Waals surface area contributed by atoms with Crippen LogP contribution in [-0.2, 0) is 22.1 Å². The Morgan fingerprint density at radius 3 is 2.31 bits per heavy atom. The zero-order valence-corrected chi connectivity index (χ0v) is 8.38. The van der Waals surface area contributed by atoms with Crippen molar-refractivity contribution in [1.29, 1.82) is 0 Å². The molecule has 0 bridgehead atoms. The lowest BCUT2D eigenvalue weighted by Crippen LogP contribution is -2.04. The maximum atomic E-state index is 12.2. The van der Waals surface area contributed by atoms with Crippen LogP contribution in [0.15, 0.2) is 24.3 Å². The standard InChI is InChI=1S/C11H10F3O2/c12-11(13,14)10-5-3-9(4-6-10)2-1-7-16-8-15/h3-6H,1-2,7H2. The van der Waals surface area contributed by atoms with Gasteiger partial charge < -0.3 is 4.74 Å². The summed E-state index contributed by atoms with van der Waals surface area (Å²) in [6, 6.07) is 4.94. The highest BCUT2D eigenvalue weighted by Crippen LogP contribution is 2.29. The summed E-state index contributed by atoms with van der Waals surface area (Å²) in [5, 5.41) is 0. The topological polar surface area (TPSA) is 26.3 Å². The molecule has 1 aromatic rings. The Hall–Kier alpha value is -1.52. The highest BCUT2D eigenvalue weighted by molar-refractivity contribution is 5.38. The minimum atomic E-state index is -4.30. The summed E-state index contributed by atoms with van der Waals surface area (Å²) >= 11 is 0. The Morgan fingerprint density at radius 1 is 1.19 bits per heavy atom. The highest BCUT2D eigenvalue weighted by Gasteiger charge is 2.29. The Labute approximate surface area is 91.0 Å². The molecule has 0 unspecified atom stereocenters. The van der Waals surface area contributed by atoms with Gasteiger partial charge in [-0.1, -0.05) is 12.1 Å². The molecule has 0 aromatic heterocycles. The number of alkyl halides is 3. The second-order valence-corrected chi connectivity index (χ2v) is 3.23. The first-order valence-electron chi connectivity index (χ1n) is 4.69. The molecule has 0 saturated carbocycles. The quantitative estimate of drug-likeness (QED) is 0.728. The predicted octanol–water partition coefficient (Wildman–Crippen LogP) is 2.72. The van der Waals surface area contributed by atoms with Gasteiger partial charge in [0.05, 0.1) is 12.2 Å². The number of hydrogen-bond donors (Lipinski definition) is 0. The number of benzene rings is 1. The van der Waals surface area contributed by atoms with Crippen LogP contribution >= 0.6 is 0 Å². The van der Waals surface area contributed by atoms with Crippen LogP contribution in [0.2, 0.25) is 0 Å². The van der Waals surface area contributed by atoms with Crippen molar-refractivity contribution in [3.63, 3.8) is 0 Å². The number of rotatable bonds is 5. The monoisotopic (exact) mass is 231 g/mol. The van der Waals surface area contributed by atoms with E-state index < -0.39 is 11.7 Å². The SMILES string of the molecule is O=[C]OCCCc1ccc(C(F)(F)F)cc1. The molecule has 0 heterocycles. The zero-order valence-electron chi connectivity index (χ0n) is 8.38. The molecule has 0 aliphatic heterocycles. The molecule has 0 spiro atoms. The van der Waals surface area contributed by atoms with Crippen LogP contribution in [-0.4, -0.2) is 13.1 Å². The van der Waals surface area contributed by atoms with Crippen LogP contribution in [0.1, 0.15) is 17.5 Å². The summed E-state index contributed by atoms with van der Waals surface area (Å²) in [5.41, 5.74) is 0.122. The summed E-state index contributed by atoms with van der Waals surface area (Å²) in [6.07, 6.45) is -3.16. The van der Waals surface area contributed by atoms with Gasteiger partial charge in [-0.2, -0.15) is 13.2 Å². The van der Waals surface area contributed by atoms with E-state index in [0.29, 0.717) is 12.8 Å². The van der Waals surface area contributed by atoms with Gasteiger partial charge in [0.15, 0.2) is 0 Å². The van der Waals surface area contributed by atoms with Gasteiger partial charge in [-0.3, -0.25) is 0 Å². The summed E-state index contributed by atoms with van der Waals surface area (Å²) < 4.78 is 41.0. The van der Waals surface area contributed by atoms with Crippen LogP contribution in [0, 0.1) is 0 Å². The lowest BCUT2D eigenvalue weighted by atomic mass is 10.1. The first kappa shape index (κ1) is 12.5. The average molecular weight is 231 g/mol. The molecule has 0 amide bonds. The van der Waals surface area contributed by atoms with Crippen molar-refractivity contribution in [3.8, 4) is 0 Å². The van der Waals surface area contributed by atoms with E-state index in [1.54, 1.807) is 0 Å². The van der Waals surface area contributed by atoms with E-state index in [0.717, 1.165) is 17.7 Å². The predicted molar refractivity (Wildman–Crippen MR) is 51.4 cm³/mol. The molecule has 16 heavy (non-hydrogen) atoms. The molecule has 0 N–H and O–H groups in total. The average Bonchev–Trinajstić information content (AvgIpc) is 2.24.